The molecule has 1 saturated heterocycles. The fourth-order valence-electron chi connectivity index (χ4n) is 2.76. The number of carbonyl (C=O) groups is 1. The average Bonchev–Trinajstić information content (AvgIpc) is 2.86. The molecule has 1 amide bonds. The second-order valence-electron chi connectivity index (χ2n) is 6.30. The van der Waals surface area contributed by atoms with Crippen molar-refractivity contribution in [1.29, 1.82) is 0 Å². The van der Waals surface area contributed by atoms with Crippen LogP contribution in [0.2, 0.25) is 0 Å². The van der Waals surface area contributed by atoms with Crippen molar-refractivity contribution < 1.29 is 4.79 Å². The van der Waals surface area contributed by atoms with E-state index in [1.54, 1.807) is 0 Å². The highest BCUT2D eigenvalue weighted by Gasteiger charge is 2.21. The number of nitrogens with one attached hydrogen (secondary N) is 1. The molecule has 1 heterocycles. The molecule has 0 saturated carbocycles. The van der Waals surface area contributed by atoms with Gasteiger partial charge in [-0.2, -0.15) is 0 Å². The lowest BCUT2D eigenvalue weighted by atomic mass is 10.1. The van der Waals surface area contributed by atoms with E-state index >= 15 is 0 Å². The van der Waals surface area contributed by atoms with Crippen LogP contribution in [-0.2, 0) is 4.79 Å². The van der Waals surface area contributed by atoms with E-state index in [4.69, 9.17) is 0 Å². The molecule has 0 radical (unpaired) electrons. The van der Waals surface area contributed by atoms with E-state index in [9.17, 15) is 4.79 Å². The number of hydrogen-bond donors (Lipinski definition) is 1. The Morgan fingerprint density at radius 1 is 1.32 bits per heavy atom. The molecule has 0 spiro atoms. The largest absolute Gasteiger partial charge is 0.341 e. The van der Waals surface area contributed by atoms with Crippen LogP contribution in [0.1, 0.15) is 65.7 Å². The van der Waals surface area contributed by atoms with Gasteiger partial charge < -0.3 is 10.2 Å². The molecule has 3 heteroatoms. The van der Waals surface area contributed by atoms with Gasteiger partial charge in [-0.05, 0) is 31.7 Å². The summed E-state index contributed by atoms with van der Waals surface area (Å²) in [6.45, 7) is 9.53. The van der Waals surface area contributed by atoms with Gasteiger partial charge in [-0.15, -0.1) is 0 Å². The minimum atomic E-state index is 0.360. The topological polar surface area (TPSA) is 32.3 Å². The van der Waals surface area contributed by atoms with Crippen LogP contribution in [0.4, 0.5) is 0 Å². The van der Waals surface area contributed by atoms with Crippen molar-refractivity contribution in [3.8, 4) is 0 Å². The van der Waals surface area contributed by atoms with Gasteiger partial charge in [0.1, 0.15) is 0 Å². The average molecular weight is 268 g/mol. The van der Waals surface area contributed by atoms with Crippen molar-refractivity contribution >= 4 is 5.91 Å². The Morgan fingerprint density at radius 2 is 2.11 bits per heavy atom. The van der Waals surface area contributed by atoms with E-state index in [-0.39, 0.29) is 0 Å². The molecule has 19 heavy (non-hydrogen) atoms. The van der Waals surface area contributed by atoms with E-state index in [0.29, 0.717) is 17.9 Å². The Hall–Kier alpha value is -0.570. The second-order valence-corrected chi connectivity index (χ2v) is 6.30. The first kappa shape index (κ1) is 16.5. The minimum absolute atomic E-state index is 0.360. The van der Waals surface area contributed by atoms with Crippen LogP contribution in [-0.4, -0.2) is 36.5 Å². The van der Waals surface area contributed by atoms with Gasteiger partial charge in [-0.3, -0.25) is 4.79 Å². The molecular weight excluding hydrogens is 236 g/mol. The van der Waals surface area contributed by atoms with Gasteiger partial charge >= 0.3 is 0 Å². The predicted molar refractivity (Wildman–Crippen MR) is 81.2 cm³/mol. The Labute approximate surface area is 119 Å². The summed E-state index contributed by atoms with van der Waals surface area (Å²) in [6, 6.07) is 0.526. The Kier molecular flexibility index (Phi) is 8.11. The first-order valence-electron chi connectivity index (χ1n) is 8.14. The highest BCUT2D eigenvalue weighted by Crippen LogP contribution is 2.12. The summed E-state index contributed by atoms with van der Waals surface area (Å²) in [5.41, 5.74) is 0. The van der Waals surface area contributed by atoms with Gasteiger partial charge in [-0.1, -0.05) is 40.0 Å². The number of hydrogen-bond acceptors (Lipinski definition) is 2. The van der Waals surface area contributed by atoms with Crippen LogP contribution in [0.15, 0.2) is 0 Å². The molecule has 0 bridgehead atoms. The van der Waals surface area contributed by atoms with Gasteiger partial charge in [0.15, 0.2) is 0 Å². The molecule has 0 aromatic rings. The predicted octanol–water partition coefficient (Wildman–Crippen LogP) is 3.19. The maximum atomic E-state index is 12.3. The third-order valence-electron chi connectivity index (χ3n) is 3.79. The SMILES string of the molecule is CCCCCCC(=O)N(CC(C)C)CC1CCCN1. The van der Waals surface area contributed by atoms with Crippen LogP contribution < -0.4 is 5.32 Å². The van der Waals surface area contributed by atoms with Gasteiger partial charge in [0.25, 0.3) is 0 Å². The van der Waals surface area contributed by atoms with E-state index < -0.39 is 0 Å². The molecule has 1 N–H and O–H groups in total. The van der Waals surface area contributed by atoms with E-state index in [0.717, 1.165) is 32.5 Å². The summed E-state index contributed by atoms with van der Waals surface area (Å²) in [7, 11) is 0. The van der Waals surface area contributed by atoms with Crippen molar-refractivity contribution in [2.75, 3.05) is 19.6 Å². The smallest absolute Gasteiger partial charge is 0.222 e. The highest BCUT2D eigenvalue weighted by atomic mass is 16.2. The van der Waals surface area contributed by atoms with E-state index in [1.165, 1.54) is 32.1 Å². The molecule has 1 rings (SSSR count). The zero-order valence-corrected chi connectivity index (χ0v) is 13.1. The van der Waals surface area contributed by atoms with Gasteiger partial charge in [0.05, 0.1) is 0 Å². The van der Waals surface area contributed by atoms with Crippen molar-refractivity contribution in [3.05, 3.63) is 0 Å². The number of carbonyl (C=O) groups excluding carboxylic acids is 1. The lowest BCUT2D eigenvalue weighted by molar-refractivity contribution is -0.132. The number of rotatable bonds is 9. The lowest BCUT2D eigenvalue weighted by Crippen LogP contribution is -2.42. The molecule has 0 aliphatic carbocycles. The number of amides is 1. The van der Waals surface area contributed by atoms with E-state index in [2.05, 4.69) is 31.0 Å². The molecule has 1 aliphatic heterocycles. The van der Waals surface area contributed by atoms with Crippen LogP contribution in [0, 0.1) is 5.92 Å². The molecule has 112 valence electrons. The maximum Gasteiger partial charge on any atom is 0.222 e. The van der Waals surface area contributed by atoms with Crippen molar-refractivity contribution in [1.82, 2.24) is 10.2 Å². The summed E-state index contributed by atoms with van der Waals surface area (Å²) >= 11 is 0. The molecule has 1 aliphatic rings. The Balaban J connectivity index is 2.35. The lowest BCUT2D eigenvalue weighted by Gasteiger charge is -2.27. The van der Waals surface area contributed by atoms with Gasteiger partial charge in [-0.25, -0.2) is 0 Å². The standard InChI is InChI=1S/C16H32N2O/c1-4-5-6-7-10-16(19)18(12-14(2)3)13-15-9-8-11-17-15/h14-15,17H,4-13H2,1-3H3. The molecule has 0 aromatic carbocycles. The van der Waals surface area contributed by atoms with Crippen LogP contribution in [0.25, 0.3) is 0 Å². The first-order valence-corrected chi connectivity index (χ1v) is 8.14. The Morgan fingerprint density at radius 3 is 2.68 bits per heavy atom. The van der Waals surface area contributed by atoms with Crippen molar-refractivity contribution in [2.24, 2.45) is 5.92 Å². The summed E-state index contributed by atoms with van der Waals surface area (Å²) in [6.07, 6.45) is 7.94. The third kappa shape index (κ3) is 6.95. The zero-order valence-electron chi connectivity index (χ0n) is 13.1. The molecule has 0 aromatic heterocycles. The summed E-state index contributed by atoms with van der Waals surface area (Å²) in [5, 5.41) is 3.50. The normalized spacial score (nSPS) is 19.1. The van der Waals surface area contributed by atoms with Crippen LogP contribution in [0.5, 0.6) is 0 Å². The minimum Gasteiger partial charge on any atom is -0.341 e. The summed E-state index contributed by atoms with van der Waals surface area (Å²) in [5.74, 6) is 0.916. The zero-order chi connectivity index (χ0) is 14.1. The molecule has 1 atom stereocenters. The third-order valence-corrected chi connectivity index (χ3v) is 3.79. The molecule has 1 fully saturated rings. The van der Waals surface area contributed by atoms with Crippen molar-refractivity contribution in [3.63, 3.8) is 0 Å². The first-order chi connectivity index (χ1) is 9.13. The van der Waals surface area contributed by atoms with Crippen LogP contribution in [0.3, 0.4) is 0 Å². The van der Waals surface area contributed by atoms with Crippen molar-refractivity contribution in [2.45, 2.75) is 71.8 Å². The Bertz CT molecular complexity index is 247. The molecule has 1 unspecified atom stereocenters. The van der Waals surface area contributed by atoms with Gasteiger partial charge in [0.2, 0.25) is 5.91 Å². The molecular formula is C16H32N2O. The summed E-state index contributed by atoms with van der Waals surface area (Å²) < 4.78 is 0. The number of nitrogens with zero attached hydrogens (tertiary/aromatic N) is 1. The molecule has 3 nitrogen and oxygen atoms in total. The monoisotopic (exact) mass is 268 g/mol. The fraction of sp³-hybridized carbons (Fsp3) is 0.938. The maximum absolute atomic E-state index is 12.3. The van der Waals surface area contributed by atoms with Crippen LogP contribution >= 0.6 is 0 Å². The second kappa shape index (κ2) is 9.35. The van der Waals surface area contributed by atoms with E-state index in [1.807, 2.05) is 0 Å². The van der Waals surface area contributed by atoms with Gasteiger partial charge in [0, 0.05) is 25.6 Å². The number of unbranched alkanes of at least 4 members (excludes halogenated alkanes) is 3. The fourth-order valence-corrected chi connectivity index (χ4v) is 2.76. The highest BCUT2D eigenvalue weighted by molar-refractivity contribution is 5.76. The quantitative estimate of drug-likeness (QED) is 0.651. The summed E-state index contributed by atoms with van der Waals surface area (Å²) in [4.78, 5) is 14.4.